The summed E-state index contributed by atoms with van der Waals surface area (Å²) in [5.41, 5.74) is 2.33. The van der Waals surface area contributed by atoms with E-state index >= 15 is 0 Å². The quantitative estimate of drug-likeness (QED) is 0.771. The van der Waals surface area contributed by atoms with E-state index in [4.69, 9.17) is 0 Å². The van der Waals surface area contributed by atoms with Crippen LogP contribution in [0.5, 0.6) is 0 Å². The summed E-state index contributed by atoms with van der Waals surface area (Å²) in [4.78, 5) is 12.6. The fourth-order valence-electron chi connectivity index (χ4n) is 3.30. The molecule has 2 rings (SSSR count). The molecule has 0 aliphatic heterocycles. The van der Waals surface area contributed by atoms with Gasteiger partial charge in [-0.05, 0) is 43.9 Å². The summed E-state index contributed by atoms with van der Waals surface area (Å²) in [6, 6.07) is 5.78. The molecule has 7 heteroatoms. The molecule has 1 saturated carbocycles. The summed E-state index contributed by atoms with van der Waals surface area (Å²) >= 11 is 0. The maximum Gasteiger partial charge on any atom is 0.304 e. The molecule has 0 atom stereocenters. The fourth-order valence-corrected chi connectivity index (χ4v) is 4.42. The van der Waals surface area contributed by atoms with E-state index in [9.17, 15) is 13.2 Å². The first-order chi connectivity index (χ1) is 12.2. The Kier molecular flexibility index (Phi) is 7.06. The number of hydrogen-bond donors (Lipinski definition) is 1. The topological polar surface area (TPSA) is 69.7 Å². The van der Waals surface area contributed by atoms with Crippen molar-refractivity contribution >= 4 is 21.8 Å². The molecule has 26 heavy (non-hydrogen) atoms. The number of anilines is 1. The Bertz CT molecular complexity index is 724. The van der Waals surface area contributed by atoms with Crippen molar-refractivity contribution in [2.45, 2.75) is 58.4 Å². The van der Waals surface area contributed by atoms with Crippen molar-refractivity contribution in [3.8, 4) is 0 Å². The van der Waals surface area contributed by atoms with Crippen molar-refractivity contribution in [1.29, 1.82) is 0 Å². The van der Waals surface area contributed by atoms with E-state index in [1.807, 2.05) is 32.0 Å². The van der Waals surface area contributed by atoms with Crippen LogP contribution in [-0.2, 0) is 15.0 Å². The average Bonchev–Trinajstić information content (AvgIpc) is 2.83. The minimum atomic E-state index is -3.77. The lowest BCUT2D eigenvalue weighted by atomic mass is 10.1. The van der Waals surface area contributed by atoms with Crippen LogP contribution in [0, 0.1) is 13.8 Å². The zero-order valence-corrected chi connectivity index (χ0v) is 17.1. The molecule has 1 aliphatic carbocycles. The second-order valence-corrected chi connectivity index (χ2v) is 9.41. The van der Waals surface area contributed by atoms with Gasteiger partial charge in [0.05, 0.1) is 5.69 Å². The Morgan fingerprint density at radius 3 is 2.31 bits per heavy atom. The Labute approximate surface area is 157 Å². The second kappa shape index (κ2) is 8.86. The van der Waals surface area contributed by atoms with Crippen LogP contribution < -0.4 is 9.62 Å². The Balaban J connectivity index is 2.24. The molecule has 0 unspecified atom stereocenters. The van der Waals surface area contributed by atoms with Crippen molar-refractivity contribution in [1.82, 2.24) is 9.62 Å². The van der Waals surface area contributed by atoms with E-state index in [1.165, 1.54) is 31.2 Å². The Morgan fingerprint density at radius 2 is 1.73 bits per heavy atom. The SMILES string of the molecule is Cc1ccc(C)c(N(CC(=O)NC2CCCCCC2)S(=O)(=O)N(C)C)c1. The molecule has 0 aromatic heterocycles. The van der Waals surface area contributed by atoms with Crippen molar-refractivity contribution < 1.29 is 13.2 Å². The van der Waals surface area contributed by atoms with Crippen LogP contribution >= 0.6 is 0 Å². The maximum atomic E-state index is 12.8. The smallest absolute Gasteiger partial charge is 0.304 e. The summed E-state index contributed by atoms with van der Waals surface area (Å²) in [5, 5.41) is 3.04. The number of benzene rings is 1. The minimum absolute atomic E-state index is 0.146. The first kappa shape index (κ1) is 20.7. The Morgan fingerprint density at radius 1 is 1.12 bits per heavy atom. The minimum Gasteiger partial charge on any atom is -0.352 e. The maximum absolute atomic E-state index is 12.8. The van der Waals surface area contributed by atoms with Crippen molar-refractivity contribution in [2.75, 3.05) is 24.9 Å². The molecule has 0 heterocycles. The van der Waals surface area contributed by atoms with Gasteiger partial charge in [-0.2, -0.15) is 12.7 Å². The predicted octanol–water partition coefficient (Wildman–Crippen LogP) is 2.76. The zero-order valence-electron chi connectivity index (χ0n) is 16.3. The van der Waals surface area contributed by atoms with Crippen LogP contribution in [0.4, 0.5) is 5.69 Å². The molecule has 0 bridgehead atoms. The molecule has 146 valence electrons. The molecule has 0 spiro atoms. The van der Waals surface area contributed by atoms with Crippen molar-refractivity contribution in [3.05, 3.63) is 29.3 Å². The Hall–Kier alpha value is -1.60. The molecule has 6 nitrogen and oxygen atoms in total. The van der Waals surface area contributed by atoms with Crippen LogP contribution in [0.1, 0.15) is 49.7 Å². The molecule has 1 N–H and O–H groups in total. The number of nitrogens with zero attached hydrogens (tertiary/aromatic N) is 2. The van der Waals surface area contributed by atoms with Crippen LogP contribution in [0.15, 0.2) is 18.2 Å². The van der Waals surface area contributed by atoms with Crippen LogP contribution in [0.25, 0.3) is 0 Å². The third kappa shape index (κ3) is 5.20. The molecule has 0 saturated heterocycles. The van der Waals surface area contributed by atoms with Gasteiger partial charge in [-0.1, -0.05) is 37.8 Å². The van der Waals surface area contributed by atoms with E-state index < -0.39 is 10.2 Å². The lowest BCUT2D eigenvalue weighted by molar-refractivity contribution is -0.120. The number of carbonyl (C=O) groups excluding carboxylic acids is 1. The highest BCUT2D eigenvalue weighted by Crippen LogP contribution is 2.25. The summed E-state index contributed by atoms with van der Waals surface area (Å²) in [7, 11) is -0.803. The second-order valence-electron chi connectivity index (χ2n) is 7.34. The number of carbonyl (C=O) groups is 1. The number of aryl methyl sites for hydroxylation is 2. The molecular weight excluding hydrogens is 350 g/mol. The van der Waals surface area contributed by atoms with Crippen LogP contribution in [-0.4, -0.2) is 45.3 Å². The third-order valence-corrected chi connectivity index (χ3v) is 6.69. The van der Waals surface area contributed by atoms with E-state index in [0.717, 1.165) is 41.1 Å². The van der Waals surface area contributed by atoms with E-state index in [1.54, 1.807) is 0 Å². The summed E-state index contributed by atoms with van der Waals surface area (Å²) in [6.07, 6.45) is 6.57. The predicted molar refractivity (Wildman–Crippen MR) is 106 cm³/mol. The summed E-state index contributed by atoms with van der Waals surface area (Å²) in [5.74, 6) is -0.247. The molecular formula is C19H31N3O3S. The number of rotatable bonds is 6. The molecule has 1 aromatic rings. The highest BCUT2D eigenvalue weighted by atomic mass is 32.2. The van der Waals surface area contributed by atoms with Crippen molar-refractivity contribution in [2.24, 2.45) is 0 Å². The average molecular weight is 382 g/mol. The number of amides is 1. The molecule has 1 aromatic carbocycles. The van der Waals surface area contributed by atoms with Gasteiger partial charge in [-0.25, -0.2) is 4.31 Å². The van der Waals surface area contributed by atoms with E-state index in [0.29, 0.717) is 5.69 Å². The van der Waals surface area contributed by atoms with Gasteiger partial charge in [-0.15, -0.1) is 0 Å². The van der Waals surface area contributed by atoms with Gasteiger partial charge in [0.1, 0.15) is 6.54 Å². The van der Waals surface area contributed by atoms with Crippen LogP contribution in [0.3, 0.4) is 0 Å². The molecule has 1 aliphatic rings. The third-order valence-electron chi connectivity index (χ3n) is 4.88. The van der Waals surface area contributed by atoms with Crippen LogP contribution in [0.2, 0.25) is 0 Å². The van der Waals surface area contributed by atoms with Gasteiger partial charge in [0.15, 0.2) is 0 Å². The number of hydrogen-bond acceptors (Lipinski definition) is 3. The van der Waals surface area contributed by atoms with Gasteiger partial charge < -0.3 is 5.32 Å². The highest BCUT2D eigenvalue weighted by molar-refractivity contribution is 7.90. The summed E-state index contributed by atoms with van der Waals surface area (Å²) in [6.45, 7) is 3.56. The summed E-state index contributed by atoms with van der Waals surface area (Å²) < 4.78 is 28.1. The lowest BCUT2D eigenvalue weighted by Gasteiger charge is -2.29. The van der Waals surface area contributed by atoms with Gasteiger partial charge in [0, 0.05) is 20.1 Å². The molecule has 1 amide bonds. The normalized spacial score (nSPS) is 16.3. The largest absolute Gasteiger partial charge is 0.352 e. The first-order valence-electron chi connectivity index (χ1n) is 9.28. The molecule has 1 fully saturated rings. The number of nitrogens with one attached hydrogen (secondary N) is 1. The van der Waals surface area contributed by atoms with Gasteiger partial charge in [0.25, 0.3) is 0 Å². The monoisotopic (exact) mass is 381 g/mol. The fraction of sp³-hybridized carbons (Fsp3) is 0.632. The van der Waals surface area contributed by atoms with Crippen molar-refractivity contribution in [3.63, 3.8) is 0 Å². The van der Waals surface area contributed by atoms with Gasteiger partial charge in [-0.3, -0.25) is 4.79 Å². The van der Waals surface area contributed by atoms with Gasteiger partial charge in [0.2, 0.25) is 5.91 Å². The standard InChI is InChI=1S/C19H31N3O3S/c1-15-11-12-16(2)18(13-15)22(26(24,25)21(3)4)14-19(23)20-17-9-7-5-6-8-10-17/h11-13,17H,5-10,14H2,1-4H3,(H,20,23). The lowest BCUT2D eigenvalue weighted by Crippen LogP contribution is -2.48. The molecule has 0 radical (unpaired) electrons. The van der Waals surface area contributed by atoms with Gasteiger partial charge >= 0.3 is 10.2 Å². The highest BCUT2D eigenvalue weighted by Gasteiger charge is 2.29. The zero-order chi connectivity index (χ0) is 19.3. The first-order valence-corrected chi connectivity index (χ1v) is 10.7. The van der Waals surface area contributed by atoms with E-state index in [-0.39, 0.29) is 18.5 Å². The van der Waals surface area contributed by atoms with E-state index in [2.05, 4.69) is 5.32 Å².